The molecule has 3 heterocycles. The van der Waals surface area contributed by atoms with Crippen LogP contribution in [-0.2, 0) is 12.4 Å². The van der Waals surface area contributed by atoms with Gasteiger partial charge in [-0.1, -0.05) is 17.4 Å². The second-order valence-corrected chi connectivity index (χ2v) is 8.84. The lowest BCUT2D eigenvalue weighted by Gasteiger charge is -2.34. The van der Waals surface area contributed by atoms with E-state index in [-0.39, 0.29) is 19.2 Å². The normalized spacial score (nSPS) is 15.3. The Hall–Kier alpha value is -2.67. The van der Waals surface area contributed by atoms with Gasteiger partial charge in [-0.3, -0.25) is 4.79 Å². The highest BCUT2D eigenvalue weighted by Gasteiger charge is 2.38. The summed E-state index contributed by atoms with van der Waals surface area (Å²) < 4.78 is 78.4. The van der Waals surface area contributed by atoms with Gasteiger partial charge in [-0.25, -0.2) is 0 Å². The van der Waals surface area contributed by atoms with Gasteiger partial charge in [0.25, 0.3) is 5.91 Å². The first kappa shape index (κ1) is 22.5. The zero-order valence-corrected chi connectivity index (χ0v) is 17.7. The Labute approximate surface area is 185 Å². The quantitative estimate of drug-likeness (QED) is 0.468. The largest absolute Gasteiger partial charge is 0.416 e. The monoisotopic (exact) mass is 492 g/mol. The van der Waals surface area contributed by atoms with Crippen molar-refractivity contribution in [1.29, 1.82) is 0 Å². The lowest BCUT2D eigenvalue weighted by Crippen LogP contribution is -2.48. The molecule has 4 rings (SSSR count). The number of benzene rings is 1. The van der Waals surface area contributed by atoms with Gasteiger partial charge in [0.2, 0.25) is 5.13 Å². The van der Waals surface area contributed by atoms with Crippen LogP contribution >= 0.6 is 22.7 Å². The molecular weight excluding hydrogens is 478 g/mol. The summed E-state index contributed by atoms with van der Waals surface area (Å²) in [6.07, 6.45) is -10.0. The minimum absolute atomic E-state index is 0.00928. The third-order valence-corrected chi connectivity index (χ3v) is 6.84. The Kier molecular flexibility index (Phi) is 5.88. The van der Waals surface area contributed by atoms with Crippen molar-refractivity contribution in [3.63, 3.8) is 0 Å². The van der Waals surface area contributed by atoms with Crippen LogP contribution in [0, 0.1) is 0 Å². The Morgan fingerprint density at radius 3 is 2.06 bits per heavy atom. The van der Waals surface area contributed by atoms with E-state index in [1.807, 2.05) is 22.4 Å². The number of piperazine rings is 1. The molecule has 5 nitrogen and oxygen atoms in total. The van der Waals surface area contributed by atoms with Gasteiger partial charge >= 0.3 is 12.4 Å². The summed E-state index contributed by atoms with van der Waals surface area (Å²) in [5, 5.41) is 11.6. The first-order valence-electron chi connectivity index (χ1n) is 9.23. The van der Waals surface area contributed by atoms with Crippen LogP contribution in [0.25, 0.3) is 9.88 Å². The number of rotatable bonds is 3. The molecule has 1 aromatic carbocycles. The van der Waals surface area contributed by atoms with Crippen molar-refractivity contribution in [2.45, 2.75) is 12.4 Å². The summed E-state index contributed by atoms with van der Waals surface area (Å²) in [4.78, 5) is 16.8. The number of hydrogen-bond donors (Lipinski definition) is 0. The zero-order chi connectivity index (χ0) is 23.1. The molecule has 3 aromatic rings. The van der Waals surface area contributed by atoms with E-state index in [0.717, 1.165) is 9.88 Å². The molecule has 0 aliphatic carbocycles. The molecule has 1 aliphatic heterocycles. The van der Waals surface area contributed by atoms with Crippen molar-refractivity contribution in [1.82, 2.24) is 15.1 Å². The number of carbonyl (C=O) groups is 1. The van der Waals surface area contributed by atoms with Gasteiger partial charge in [0, 0.05) is 31.7 Å². The second kappa shape index (κ2) is 8.35. The molecule has 1 fully saturated rings. The molecule has 1 aliphatic rings. The Morgan fingerprint density at radius 1 is 0.906 bits per heavy atom. The molecule has 170 valence electrons. The molecule has 1 amide bonds. The maximum atomic E-state index is 13.1. The zero-order valence-electron chi connectivity index (χ0n) is 16.1. The number of carbonyl (C=O) groups excluding carboxylic acids is 1. The highest BCUT2D eigenvalue weighted by Crippen LogP contribution is 2.37. The number of hydrogen-bond acceptors (Lipinski definition) is 6. The minimum Gasteiger partial charge on any atom is -0.343 e. The molecule has 0 N–H and O–H groups in total. The summed E-state index contributed by atoms with van der Waals surface area (Å²) in [7, 11) is 0. The molecule has 0 saturated carbocycles. The third-order valence-electron chi connectivity index (χ3n) is 4.82. The first-order chi connectivity index (χ1) is 15.0. The van der Waals surface area contributed by atoms with Crippen molar-refractivity contribution >= 4 is 33.7 Å². The topological polar surface area (TPSA) is 49.3 Å². The van der Waals surface area contributed by atoms with Crippen LogP contribution in [0.3, 0.4) is 0 Å². The summed E-state index contributed by atoms with van der Waals surface area (Å²) in [5.41, 5.74) is -3.66. The van der Waals surface area contributed by atoms with Gasteiger partial charge in [0.15, 0.2) is 5.01 Å². The van der Waals surface area contributed by atoms with Crippen molar-refractivity contribution in [3.8, 4) is 9.88 Å². The number of nitrogens with zero attached hydrogens (tertiary/aromatic N) is 4. The van der Waals surface area contributed by atoms with Gasteiger partial charge in [-0.15, -0.1) is 21.5 Å². The maximum absolute atomic E-state index is 13.1. The van der Waals surface area contributed by atoms with E-state index in [2.05, 4.69) is 10.2 Å². The van der Waals surface area contributed by atoms with Gasteiger partial charge < -0.3 is 9.80 Å². The molecule has 0 radical (unpaired) electrons. The smallest absolute Gasteiger partial charge is 0.343 e. The lowest BCUT2D eigenvalue weighted by atomic mass is 10.0. The van der Waals surface area contributed by atoms with Gasteiger partial charge in [0.1, 0.15) is 0 Å². The molecule has 0 bridgehead atoms. The second-order valence-electron chi connectivity index (χ2n) is 6.94. The van der Waals surface area contributed by atoms with Crippen LogP contribution in [-0.4, -0.2) is 47.2 Å². The van der Waals surface area contributed by atoms with Crippen LogP contribution in [0.15, 0.2) is 35.7 Å². The highest BCUT2D eigenvalue weighted by atomic mass is 32.1. The molecular formula is C19H14F6N4OS2. The SMILES string of the molecule is O=C(c1cc(C(F)(F)F)cc(C(F)(F)F)c1)N1CCN(c2nnc(-c3cccs3)s2)CC1. The minimum atomic E-state index is -5.01. The maximum Gasteiger partial charge on any atom is 0.416 e. The summed E-state index contributed by atoms with van der Waals surface area (Å²) >= 11 is 2.89. The standard InChI is InChI=1S/C19H14F6N4OS2/c20-18(21,22)12-8-11(9-13(10-12)19(23,24)25)16(30)28-3-5-29(6-4-28)17-27-26-15(32-17)14-2-1-7-31-14/h1-2,7-10H,3-6H2. The number of aromatic nitrogens is 2. The molecule has 0 atom stereocenters. The highest BCUT2D eigenvalue weighted by molar-refractivity contribution is 7.22. The van der Waals surface area contributed by atoms with E-state index < -0.39 is 35.0 Å². The van der Waals surface area contributed by atoms with Gasteiger partial charge in [0.05, 0.1) is 16.0 Å². The predicted molar refractivity (Wildman–Crippen MR) is 108 cm³/mol. The fourth-order valence-electron chi connectivity index (χ4n) is 3.20. The number of anilines is 1. The summed E-state index contributed by atoms with van der Waals surface area (Å²) in [6, 6.07) is 4.73. The van der Waals surface area contributed by atoms with Crippen LogP contribution < -0.4 is 4.90 Å². The number of thiophene rings is 1. The lowest BCUT2D eigenvalue weighted by molar-refractivity contribution is -0.143. The Morgan fingerprint density at radius 2 is 1.53 bits per heavy atom. The van der Waals surface area contributed by atoms with E-state index in [9.17, 15) is 31.1 Å². The fourth-order valence-corrected chi connectivity index (χ4v) is 4.89. The summed E-state index contributed by atoms with van der Waals surface area (Å²) in [6.45, 7) is 0.917. The predicted octanol–water partition coefficient (Wildman–Crippen LogP) is 5.27. The van der Waals surface area contributed by atoms with Gasteiger partial charge in [-0.05, 0) is 29.6 Å². The third kappa shape index (κ3) is 4.72. The average molecular weight is 492 g/mol. The van der Waals surface area contributed by atoms with E-state index in [4.69, 9.17) is 0 Å². The first-order valence-corrected chi connectivity index (χ1v) is 10.9. The van der Waals surface area contributed by atoms with Gasteiger partial charge in [-0.2, -0.15) is 26.3 Å². The van der Waals surface area contributed by atoms with E-state index in [0.29, 0.717) is 30.4 Å². The number of alkyl halides is 6. The van der Waals surface area contributed by atoms with E-state index in [1.165, 1.54) is 27.6 Å². The van der Waals surface area contributed by atoms with E-state index >= 15 is 0 Å². The van der Waals surface area contributed by atoms with E-state index in [1.54, 1.807) is 0 Å². The van der Waals surface area contributed by atoms with Crippen LogP contribution in [0.2, 0.25) is 0 Å². The number of amides is 1. The average Bonchev–Trinajstić information content (AvgIpc) is 3.43. The van der Waals surface area contributed by atoms with Crippen molar-refractivity contribution in [2.75, 3.05) is 31.1 Å². The Balaban J connectivity index is 1.49. The van der Waals surface area contributed by atoms with Crippen molar-refractivity contribution < 1.29 is 31.1 Å². The van der Waals surface area contributed by atoms with Crippen LogP contribution in [0.4, 0.5) is 31.5 Å². The molecule has 32 heavy (non-hydrogen) atoms. The van der Waals surface area contributed by atoms with Crippen LogP contribution in [0.5, 0.6) is 0 Å². The van der Waals surface area contributed by atoms with Crippen LogP contribution in [0.1, 0.15) is 21.5 Å². The fraction of sp³-hybridized carbons (Fsp3) is 0.316. The molecule has 0 unspecified atom stereocenters. The molecule has 1 saturated heterocycles. The molecule has 2 aromatic heterocycles. The molecule has 0 spiro atoms. The van der Waals surface area contributed by atoms with Crippen molar-refractivity contribution in [2.24, 2.45) is 0 Å². The molecule has 13 heteroatoms. The number of halogens is 6. The Bertz CT molecular complexity index is 1070. The van der Waals surface area contributed by atoms with Crippen molar-refractivity contribution in [3.05, 3.63) is 52.4 Å². The summed E-state index contributed by atoms with van der Waals surface area (Å²) in [5.74, 6) is -0.877.